The van der Waals surface area contributed by atoms with Crippen molar-refractivity contribution in [2.45, 2.75) is 39.2 Å². The molecule has 60 valence electrons. The second-order valence-corrected chi connectivity index (χ2v) is 3.67. The lowest BCUT2D eigenvalue weighted by molar-refractivity contribution is 0.145. The Balaban J connectivity index is 2.38. The van der Waals surface area contributed by atoms with Crippen molar-refractivity contribution in [1.82, 2.24) is 4.90 Å². The molecule has 0 bridgehead atoms. The molecule has 0 saturated carbocycles. The number of hydrogen-bond donors (Lipinski definition) is 0. The number of piperidine rings is 1. The fourth-order valence-electron chi connectivity index (χ4n) is 1.85. The van der Waals surface area contributed by atoms with Gasteiger partial charge in [-0.2, -0.15) is 0 Å². The lowest BCUT2D eigenvalue weighted by Crippen LogP contribution is -2.38. The molecule has 2 atom stereocenters. The highest BCUT2D eigenvalue weighted by molar-refractivity contribution is 4.76. The number of rotatable bonds is 1. The van der Waals surface area contributed by atoms with Crippen LogP contribution in [0.4, 0.5) is 0 Å². The van der Waals surface area contributed by atoms with Gasteiger partial charge in [-0.1, -0.05) is 13.8 Å². The first-order valence-corrected chi connectivity index (χ1v) is 4.44. The average Bonchev–Trinajstić information content (AvgIpc) is 1.94. The second-order valence-electron chi connectivity index (χ2n) is 3.67. The van der Waals surface area contributed by atoms with Crippen molar-refractivity contribution in [1.29, 1.82) is 0 Å². The maximum absolute atomic E-state index is 2.50. The molecule has 0 aromatic carbocycles. The van der Waals surface area contributed by atoms with E-state index in [0.29, 0.717) is 0 Å². The van der Waals surface area contributed by atoms with Crippen LogP contribution >= 0.6 is 0 Å². The molecule has 10 heavy (non-hydrogen) atoms. The summed E-state index contributed by atoms with van der Waals surface area (Å²) in [6, 6.07) is 0.865. The Bertz CT molecular complexity index is 101. The van der Waals surface area contributed by atoms with E-state index in [4.69, 9.17) is 0 Å². The van der Waals surface area contributed by atoms with Gasteiger partial charge in [0.05, 0.1) is 0 Å². The summed E-state index contributed by atoms with van der Waals surface area (Å²) in [6.45, 7) is 5.97. The minimum absolute atomic E-state index is 0.865. The van der Waals surface area contributed by atoms with Crippen molar-refractivity contribution in [2.75, 3.05) is 13.6 Å². The predicted molar refractivity (Wildman–Crippen MR) is 45.1 cm³/mol. The fraction of sp³-hybridized carbons (Fsp3) is 1.00. The first-order chi connectivity index (χ1) is 4.74. The van der Waals surface area contributed by atoms with Crippen LogP contribution in [0.5, 0.6) is 0 Å². The van der Waals surface area contributed by atoms with E-state index in [2.05, 4.69) is 25.8 Å². The van der Waals surface area contributed by atoms with Crippen LogP contribution in [0.15, 0.2) is 0 Å². The minimum Gasteiger partial charge on any atom is -0.303 e. The first-order valence-electron chi connectivity index (χ1n) is 4.44. The SMILES string of the molecule is CC[C@@H]1C[C@H](C)CCN1C. The number of nitrogens with zero attached hydrogens (tertiary/aromatic N) is 1. The smallest absolute Gasteiger partial charge is 0.00921 e. The zero-order valence-corrected chi connectivity index (χ0v) is 7.43. The van der Waals surface area contributed by atoms with Crippen LogP contribution in [0.3, 0.4) is 0 Å². The van der Waals surface area contributed by atoms with Gasteiger partial charge < -0.3 is 4.90 Å². The highest BCUT2D eigenvalue weighted by atomic mass is 15.1. The molecular weight excluding hydrogens is 122 g/mol. The van der Waals surface area contributed by atoms with Crippen LogP contribution < -0.4 is 0 Å². The summed E-state index contributed by atoms with van der Waals surface area (Å²) >= 11 is 0. The minimum atomic E-state index is 0.865. The van der Waals surface area contributed by atoms with Gasteiger partial charge in [0.25, 0.3) is 0 Å². The molecule has 0 radical (unpaired) electrons. The zero-order chi connectivity index (χ0) is 7.56. The maximum atomic E-state index is 2.50. The normalized spacial score (nSPS) is 36.3. The third-order valence-corrected chi connectivity index (χ3v) is 2.74. The molecule has 0 amide bonds. The van der Waals surface area contributed by atoms with Crippen LogP contribution in [0.25, 0.3) is 0 Å². The number of hydrogen-bond acceptors (Lipinski definition) is 1. The highest BCUT2D eigenvalue weighted by Gasteiger charge is 2.21. The summed E-state index contributed by atoms with van der Waals surface area (Å²) in [5, 5.41) is 0. The van der Waals surface area contributed by atoms with Gasteiger partial charge in [0.1, 0.15) is 0 Å². The molecule has 0 N–H and O–H groups in total. The third-order valence-electron chi connectivity index (χ3n) is 2.74. The predicted octanol–water partition coefficient (Wildman–Crippen LogP) is 2.13. The second kappa shape index (κ2) is 3.38. The monoisotopic (exact) mass is 141 g/mol. The Kier molecular flexibility index (Phi) is 2.72. The van der Waals surface area contributed by atoms with Gasteiger partial charge in [-0.3, -0.25) is 0 Å². The van der Waals surface area contributed by atoms with Gasteiger partial charge in [0.15, 0.2) is 0 Å². The van der Waals surface area contributed by atoms with E-state index in [-0.39, 0.29) is 0 Å². The van der Waals surface area contributed by atoms with E-state index in [9.17, 15) is 0 Å². The van der Waals surface area contributed by atoms with Gasteiger partial charge in [-0.25, -0.2) is 0 Å². The third kappa shape index (κ3) is 1.72. The van der Waals surface area contributed by atoms with Crippen LogP contribution in [-0.4, -0.2) is 24.5 Å². The van der Waals surface area contributed by atoms with Crippen LogP contribution in [0, 0.1) is 5.92 Å². The van der Waals surface area contributed by atoms with Gasteiger partial charge in [-0.15, -0.1) is 0 Å². The molecule has 1 saturated heterocycles. The van der Waals surface area contributed by atoms with Crippen molar-refractivity contribution in [3.05, 3.63) is 0 Å². The summed E-state index contributed by atoms with van der Waals surface area (Å²) < 4.78 is 0. The van der Waals surface area contributed by atoms with E-state index in [0.717, 1.165) is 12.0 Å². The van der Waals surface area contributed by atoms with Crippen LogP contribution in [-0.2, 0) is 0 Å². The first kappa shape index (κ1) is 8.06. The Hall–Kier alpha value is -0.0400. The van der Waals surface area contributed by atoms with Gasteiger partial charge in [0, 0.05) is 6.04 Å². The average molecular weight is 141 g/mol. The molecule has 1 nitrogen and oxygen atoms in total. The quantitative estimate of drug-likeness (QED) is 0.540. The molecule has 1 heterocycles. The molecule has 1 rings (SSSR count). The summed E-state index contributed by atoms with van der Waals surface area (Å²) in [5.74, 6) is 0.959. The van der Waals surface area contributed by atoms with Gasteiger partial charge in [0.2, 0.25) is 0 Å². The summed E-state index contributed by atoms with van der Waals surface area (Å²) in [7, 11) is 2.25. The van der Waals surface area contributed by atoms with E-state index in [1.807, 2.05) is 0 Å². The molecule has 1 heteroatoms. The van der Waals surface area contributed by atoms with E-state index in [1.54, 1.807) is 0 Å². The van der Waals surface area contributed by atoms with Crippen LogP contribution in [0.2, 0.25) is 0 Å². The largest absolute Gasteiger partial charge is 0.303 e. The van der Waals surface area contributed by atoms with E-state index in [1.165, 1.54) is 25.8 Å². The molecule has 0 spiro atoms. The van der Waals surface area contributed by atoms with Crippen molar-refractivity contribution < 1.29 is 0 Å². The molecule has 0 aromatic rings. The van der Waals surface area contributed by atoms with E-state index >= 15 is 0 Å². The molecule has 0 aliphatic carbocycles. The topological polar surface area (TPSA) is 3.24 Å². The van der Waals surface area contributed by atoms with Crippen molar-refractivity contribution >= 4 is 0 Å². The van der Waals surface area contributed by atoms with Crippen molar-refractivity contribution in [3.63, 3.8) is 0 Å². The molecule has 1 aliphatic heterocycles. The molecule has 1 aliphatic rings. The lowest BCUT2D eigenvalue weighted by Gasteiger charge is -2.35. The van der Waals surface area contributed by atoms with E-state index < -0.39 is 0 Å². The Morgan fingerprint density at radius 2 is 2.20 bits per heavy atom. The Morgan fingerprint density at radius 1 is 1.50 bits per heavy atom. The zero-order valence-electron chi connectivity index (χ0n) is 7.43. The maximum Gasteiger partial charge on any atom is 0.00921 e. The molecular formula is C9H19N. The fourth-order valence-corrected chi connectivity index (χ4v) is 1.85. The molecule has 0 unspecified atom stereocenters. The Morgan fingerprint density at radius 3 is 2.70 bits per heavy atom. The standard InChI is InChI=1S/C9H19N/c1-4-9-7-8(2)5-6-10(9)3/h8-9H,4-7H2,1-3H3/t8-,9-/m1/s1. The van der Waals surface area contributed by atoms with Gasteiger partial charge >= 0.3 is 0 Å². The number of likely N-dealkylation sites (tertiary alicyclic amines) is 1. The molecule has 0 aromatic heterocycles. The lowest BCUT2D eigenvalue weighted by atomic mass is 9.92. The van der Waals surface area contributed by atoms with Gasteiger partial charge in [-0.05, 0) is 38.8 Å². The van der Waals surface area contributed by atoms with Crippen molar-refractivity contribution in [2.24, 2.45) is 5.92 Å². The summed E-state index contributed by atoms with van der Waals surface area (Å²) in [5.41, 5.74) is 0. The summed E-state index contributed by atoms with van der Waals surface area (Å²) in [6.07, 6.45) is 4.13. The Labute approximate surface area is 64.4 Å². The van der Waals surface area contributed by atoms with Crippen LogP contribution in [0.1, 0.15) is 33.1 Å². The molecule has 1 fully saturated rings. The highest BCUT2D eigenvalue weighted by Crippen LogP contribution is 2.22. The van der Waals surface area contributed by atoms with Crippen molar-refractivity contribution in [3.8, 4) is 0 Å². The summed E-state index contributed by atoms with van der Waals surface area (Å²) in [4.78, 5) is 2.50.